The highest BCUT2D eigenvalue weighted by molar-refractivity contribution is 5.85. The number of benzene rings is 1. The first-order chi connectivity index (χ1) is 6.75. The summed E-state index contributed by atoms with van der Waals surface area (Å²) in [6, 6.07) is 7.26. The first-order valence-corrected chi connectivity index (χ1v) is 5.28. The van der Waals surface area contributed by atoms with E-state index >= 15 is 0 Å². The first-order valence-electron chi connectivity index (χ1n) is 5.28. The highest BCUT2D eigenvalue weighted by Crippen LogP contribution is 2.17. The van der Waals surface area contributed by atoms with Gasteiger partial charge in [-0.25, -0.2) is 0 Å². The van der Waals surface area contributed by atoms with Gasteiger partial charge in [-0.05, 0) is 19.4 Å². The van der Waals surface area contributed by atoms with Crippen LogP contribution in [0, 0.1) is 13.8 Å². The number of rotatable bonds is 1. The largest absolute Gasteiger partial charge is 0.314 e. The molecule has 1 aromatic carbocycles. The second kappa shape index (κ2) is 5.50. The Balaban J connectivity index is 0.00000112. The van der Waals surface area contributed by atoms with Crippen molar-refractivity contribution in [2.45, 2.75) is 19.9 Å². The molecule has 1 aliphatic heterocycles. The molecule has 1 atom stereocenters. The van der Waals surface area contributed by atoms with Gasteiger partial charge in [0.25, 0.3) is 0 Å². The third kappa shape index (κ3) is 3.20. The van der Waals surface area contributed by atoms with Gasteiger partial charge >= 0.3 is 0 Å². The van der Waals surface area contributed by atoms with E-state index < -0.39 is 0 Å². The van der Waals surface area contributed by atoms with Crippen LogP contribution in [0.3, 0.4) is 0 Å². The lowest BCUT2D eigenvalue weighted by Crippen LogP contribution is -2.42. The molecule has 0 amide bonds. The molecule has 0 bridgehead atoms. The second-order valence-electron chi connectivity index (χ2n) is 4.13. The van der Waals surface area contributed by atoms with Crippen LogP contribution >= 0.6 is 12.4 Å². The lowest BCUT2D eigenvalue weighted by molar-refractivity contribution is 0.430. The average molecular weight is 227 g/mol. The van der Waals surface area contributed by atoms with Gasteiger partial charge in [0.05, 0.1) is 0 Å². The molecule has 1 fully saturated rings. The Labute approximate surface area is 97.9 Å². The van der Waals surface area contributed by atoms with Gasteiger partial charge in [-0.15, -0.1) is 12.4 Å². The van der Waals surface area contributed by atoms with E-state index in [1.807, 2.05) is 0 Å². The van der Waals surface area contributed by atoms with Crippen molar-refractivity contribution in [3.05, 3.63) is 34.9 Å². The molecule has 0 spiro atoms. The summed E-state index contributed by atoms with van der Waals surface area (Å²) in [5.74, 6) is 0. The van der Waals surface area contributed by atoms with Gasteiger partial charge in [0.2, 0.25) is 0 Å². The third-order valence-corrected chi connectivity index (χ3v) is 2.69. The van der Waals surface area contributed by atoms with E-state index in [1.54, 1.807) is 0 Å². The minimum atomic E-state index is 0. The minimum Gasteiger partial charge on any atom is -0.314 e. The van der Waals surface area contributed by atoms with E-state index in [0.717, 1.165) is 19.6 Å². The summed E-state index contributed by atoms with van der Waals surface area (Å²) in [5, 5.41) is 6.94. The minimum absolute atomic E-state index is 0. The number of halogens is 1. The van der Waals surface area contributed by atoms with Crippen molar-refractivity contribution < 1.29 is 0 Å². The molecular weight excluding hydrogens is 208 g/mol. The molecule has 2 rings (SSSR count). The Hall–Kier alpha value is -0.570. The number of piperazine rings is 1. The Morgan fingerprint density at radius 3 is 2.27 bits per heavy atom. The molecule has 1 aromatic rings. The van der Waals surface area contributed by atoms with Gasteiger partial charge in [0.1, 0.15) is 0 Å². The molecule has 1 aliphatic rings. The number of hydrogen-bond acceptors (Lipinski definition) is 2. The van der Waals surface area contributed by atoms with Gasteiger partial charge in [0.15, 0.2) is 0 Å². The molecule has 1 saturated heterocycles. The summed E-state index contributed by atoms with van der Waals surface area (Å²) in [6.07, 6.45) is 0. The normalized spacial score (nSPS) is 20.8. The van der Waals surface area contributed by atoms with Crippen molar-refractivity contribution >= 4 is 12.4 Å². The summed E-state index contributed by atoms with van der Waals surface area (Å²) in [4.78, 5) is 0. The number of nitrogens with one attached hydrogen (secondary N) is 2. The van der Waals surface area contributed by atoms with E-state index in [4.69, 9.17) is 0 Å². The van der Waals surface area contributed by atoms with Crippen molar-refractivity contribution in [2.75, 3.05) is 19.6 Å². The Kier molecular flexibility index (Phi) is 4.58. The molecule has 0 saturated carbocycles. The topological polar surface area (TPSA) is 24.1 Å². The fourth-order valence-corrected chi connectivity index (χ4v) is 2.10. The van der Waals surface area contributed by atoms with Crippen molar-refractivity contribution in [2.24, 2.45) is 0 Å². The molecule has 2 nitrogen and oxygen atoms in total. The molecule has 1 heterocycles. The third-order valence-electron chi connectivity index (χ3n) is 2.69. The van der Waals surface area contributed by atoms with Crippen molar-refractivity contribution in [3.8, 4) is 0 Å². The fraction of sp³-hybridized carbons (Fsp3) is 0.500. The molecular formula is C12H19ClN2. The van der Waals surface area contributed by atoms with E-state index in [9.17, 15) is 0 Å². The number of hydrogen-bond donors (Lipinski definition) is 2. The molecule has 84 valence electrons. The van der Waals surface area contributed by atoms with Gasteiger partial charge in [-0.3, -0.25) is 0 Å². The van der Waals surface area contributed by atoms with Gasteiger partial charge < -0.3 is 10.6 Å². The van der Waals surface area contributed by atoms with E-state index in [0.29, 0.717) is 6.04 Å². The lowest BCUT2D eigenvalue weighted by atomic mass is 10.0. The zero-order valence-electron chi connectivity index (χ0n) is 9.34. The van der Waals surface area contributed by atoms with Crippen molar-refractivity contribution in [3.63, 3.8) is 0 Å². The molecule has 1 unspecified atom stereocenters. The first kappa shape index (κ1) is 12.5. The van der Waals surface area contributed by atoms with Gasteiger partial charge in [-0.2, -0.15) is 0 Å². The predicted molar refractivity (Wildman–Crippen MR) is 66.8 cm³/mol. The second-order valence-corrected chi connectivity index (χ2v) is 4.13. The van der Waals surface area contributed by atoms with Crippen LogP contribution in [-0.2, 0) is 0 Å². The maximum Gasteiger partial charge on any atom is 0.0447 e. The van der Waals surface area contributed by atoms with Crippen LogP contribution < -0.4 is 10.6 Å². The quantitative estimate of drug-likeness (QED) is 0.765. The average Bonchev–Trinajstić information content (AvgIpc) is 2.18. The predicted octanol–water partition coefficient (Wildman–Crippen LogP) is 1.96. The van der Waals surface area contributed by atoms with E-state index in [-0.39, 0.29) is 12.4 Å². The zero-order valence-corrected chi connectivity index (χ0v) is 10.2. The van der Waals surface area contributed by atoms with Crippen LogP contribution in [0.5, 0.6) is 0 Å². The Bertz CT molecular complexity index is 299. The molecule has 0 aromatic heterocycles. The van der Waals surface area contributed by atoms with Crippen LogP contribution in [0.2, 0.25) is 0 Å². The van der Waals surface area contributed by atoms with Gasteiger partial charge in [0, 0.05) is 25.7 Å². The van der Waals surface area contributed by atoms with E-state index in [2.05, 4.69) is 42.7 Å². The van der Waals surface area contributed by atoms with Crippen LogP contribution in [0.15, 0.2) is 18.2 Å². The summed E-state index contributed by atoms with van der Waals surface area (Å²) in [7, 11) is 0. The Morgan fingerprint density at radius 2 is 1.73 bits per heavy atom. The summed E-state index contributed by atoms with van der Waals surface area (Å²) >= 11 is 0. The van der Waals surface area contributed by atoms with Crippen LogP contribution in [-0.4, -0.2) is 19.6 Å². The smallest absolute Gasteiger partial charge is 0.0447 e. The fourth-order valence-electron chi connectivity index (χ4n) is 2.10. The molecule has 2 N–H and O–H groups in total. The number of aryl methyl sites for hydroxylation is 2. The van der Waals surface area contributed by atoms with Crippen LogP contribution in [0.1, 0.15) is 22.7 Å². The molecule has 0 aliphatic carbocycles. The highest BCUT2D eigenvalue weighted by Gasteiger charge is 2.14. The van der Waals surface area contributed by atoms with Crippen LogP contribution in [0.4, 0.5) is 0 Å². The van der Waals surface area contributed by atoms with E-state index in [1.165, 1.54) is 16.7 Å². The molecule has 3 heteroatoms. The summed E-state index contributed by atoms with van der Waals surface area (Å²) in [5.41, 5.74) is 4.12. The van der Waals surface area contributed by atoms with Gasteiger partial charge in [-0.1, -0.05) is 29.3 Å². The van der Waals surface area contributed by atoms with Crippen LogP contribution in [0.25, 0.3) is 0 Å². The summed E-state index contributed by atoms with van der Waals surface area (Å²) < 4.78 is 0. The molecule has 15 heavy (non-hydrogen) atoms. The standard InChI is InChI=1S/C12H18N2.ClH/c1-9-5-10(2)7-11(6-9)12-8-13-3-4-14-12;/h5-7,12-14H,3-4,8H2,1-2H3;1H. The maximum atomic E-state index is 3.53. The monoisotopic (exact) mass is 226 g/mol. The summed E-state index contributed by atoms with van der Waals surface area (Å²) in [6.45, 7) is 7.52. The zero-order chi connectivity index (χ0) is 9.97. The van der Waals surface area contributed by atoms with Crippen molar-refractivity contribution in [1.82, 2.24) is 10.6 Å². The maximum absolute atomic E-state index is 3.53. The highest BCUT2D eigenvalue weighted by atomic mass is 35.5. The lowest BCUT2D eigenvalue weighted by Gasteiger charge is -2.25. The SMILES string of the molecule is Cc1cc(C)cc(C2CNCCN2)c1.Cl. The Morgan fingerprint density at radius 1 is 1.07 bits per heavy atom. The molecule has 0 radical (unpaired) electrons. The van der Waals surface area contributed by atoms with Crippen molar-refractivity contribution in [1.29, 1.82) is 0 Å².